The molecule has 0 saturated heterocycles. The van der Waals surface area contributed by atoms with Crippen molar-refractivity contribution in [3.8, 4) is 0 Å². The number of halogens is 1. The summed E-state index contributed by atoms with van der Waals surface area (Å²) in [7, 11) is -3.70. The second kappa shape index (κ2) is 6.13. The maximum atomic E-state index is 11.8. The molecule has 0 fully saturated rings. The van der Waals surface area contributed by atoms with E-state index in [9.17, 15) is 13.2 Å². The van der Waals surface area contributed by atoms with Gasteiger partial charge in [-0.2, -0.15) is 4.72 Å². The van der Waals surface area contributed by atoms with Gasteiger partial charge in [-0.05, 0) is 35.0 Å². The summed E-state index contributed by atoms with van der Waals surface area (Å²) in [5.74, 6) is -0.608. The number of carbonyl (C=O) groups is 1. The molecule has 0 unspecified atom stereocenters. The van der Waals surface area contributed by atoms with E-state index in [0.717, 1.165) is 0 Å². The normalized spacial score (nSPS) is 11.2. The van der Waals surface area contributed by atoms with Crippen molar-refractivity contribution in [3.05, 3.63) is 28.7 Å². The summed E-state index contributed by atoms with van der Waals surface area (Å²) >= 11 is 3.13. The highest BCUT2D eigenvalue weighted by atomic mass is 79.9. The largest absolute Gasteiger partial charge is 0.465 e. The van der Waals surface area contributed by atoms with E-state index in [-0.39, 0.29) is 18.0 Å². The predicted octanol–water partition coefficient (Wildman–Crippen LogP) is 1.29. The molecule has 0 radical (unpaired) electrons. The fourth-order valence-corrected chi connectivity index (χ4v) is 3.08. The van der Waals surface area contributed by atoms with Crippen molar-refractivity contribution in [3.63, 3.8) is 0 Å². The molecular formula is C10H12BrNO4S. The summed E-state index contributed by atoms with van der Waals surface area (Å²) in [6.45, 7) is 1.49. The molecule has 0 aliphatic rings. The molecule has 1 rings (SSSR count). The third-order valence-electron chi connectivity index (χ3n) is 1.84. The number of sulfonamides is 1. The number of benzene rings is 1. The molecule has 0 aliphatic heterocycles. The van der Waals surface area contributed by atoms with Gasteiger partial charge in [0.2, 0.25) is 10.0 Å². The second-order valence-corrected chi connectivity index (χ2v) is 5.65. The highest BCUT2D eigenvalue weighted by molar-refractivity contribution is 9.10. The molecule has 7 heteroatoms. The monoisotopic (exact) mass is 321 g/mol. The Kier molecular flexibility index (Phi) is 5.10. The van der Waals surface area contributed by atoms with Crippen LogP contribution in [0.2, 0.25) is 0 Å². The van der Waals surface area contributed by atoms with E-state index in [1.54, 1.807) is 25.1 Å². The molecule has 0 saturated carbocycles. The van der Waals surface area contributed by atoms with Gasteiger partial charge in [-0.25, -0.2) is 8.42 Å². The molecule has 5 nitrogen and oxygen atoms in total. The third kappa shape index (κ3) is 4.10. The molecule has 0 heterocycles. The number of carbonyl (C=O) groups excluding carboxylic acids is 1. The fraction of sp³-hybridized carbons (Fsp3) is 0.300. The van der Waals surface area contributed by atoms with Crippen LogP contribution in [0.25, 0.3) is 0 Å². The average molecular weight is 322 g/mol. The van der Waals surface area contributed by atoms with Gasteiger partial charge < -0.3 is 4.74 Å². The van der Waals surface area contributed by atoms with Crippen molar-refractivity contribution in [2.75, 3.05) is 13.2 Å². The van der Waals surface area contributed by atoms with Gasteiger partial charge in [0, 0.05) is 4.47 Å². The summed E-state index contributed by atoms with van der Waals surface area (Å²) in [6, 6.07) is 6.36. The van der Waals surface area contributed by atoms with Gasteiger partial charge in [0.25, 0.3) is 0 Å². The lowest BCUT2D eigenvalue weighted by atomic mass is 10.4. The van der Waals surface area contributed by atoms with E-state index in [2.05, 4.69) is 25.4 Å². The van der Waals surface area contributed by atoms with Gasteiger partial charge in [-0.1, -0.05) is 12.1 Å². The highest BCUT2D eigenvalue weighted by Crippen LogP contribution is 2.20. The van der Waals surface area contributed by atoms with Crippen molar-refractivity contribution in [2.45, 2.75) is 11.8 Å². The molecule has 94 valence electrons. The zero-order chi connectivity index (χ0) is 12.9. The van der Waals surface area contributed by atoms with Crippen LogP contribution in [0.15, 0.2) is 33.6 Å². The molecule has 1 aromatic rings. The van der Waals surface area contributed by atoms with E-state index in [1.165, 1.54) is 6.07 Å². The molecule has 0 spiro atoms. The van der Waals surface area contributed by atoms with Crippen LogP contribution >= 0.6 is 15.9 Å². The Bertz CT molecular complexity index is 501. The van der Waals surface area contributed by atoms with Crippen LogP contribution in [0, 0.1) is 0 Å². The summed E-state index contributed by atoms with van der Waals surface area (Å²) in [4.78, 5) is 11.1. The van der Waals surface area contributed by atoms with Gasteiger partial charge in [0.1, 0.15) is 6.54 Å². The van der Waals surface area contributed by atoms with E-state index in [1.807, 2.05) is 0 Å². The van der Waals surface area contributed by atoms with Crippen molar-refractivity contribution < 1.29 is 17.9 Å². The Hall–Kier alpha value is -0.920. The molecular weight excluding hydrogens is 310 g/mol. The van der Waals surface area contributed by atoms with Crippen molar-refractivity contribution in [1.29, 1.82) is 0 Å². The van der Waals surface area contributed by atoms with Gasteiger partial charge in [-0.3, -0.25) is 4.79 Å². The lowest BCUT2D eigenvalue weighted by Gasteiger charge is -2.07. The van der Waals surface area contributed by atoms with Gasteiger partial charge in [0.15, 0.2) is 0 Å². The summed E-state index contributed by atoms with van der Waals surface area (Å²) in [5.41, 5.74) is 0. The van der Waals surface area contributed by atoms with Crippen LogP contribution in [0.3, 0.4) is 0 Å². The van der Waals surface area contributed by atoms with Crippen LogP contribution < -0.4 is 4.72 Å². The van der Waals surface area contributed by atoms with E-state index < -0.39 is 16.0 Å². The zero-order valence-electron chi connectivity index (χ0n) is 9.14. The van der Waals surface area contributed by atoms with Crippen molar-refractivity contribution >= 4 is 31.9 Å². The van der Waals surface area contributed by atoms with Gasteiger partial charge in [-0.15, -0.1) is 0 Å². The number of hydrogen-bond acceptors (Lipinski definition) is 4. The molecule has 1 N–H and O–H groups in total. The topological polar surface area (TPSA) is 72.5 Å². The predicted molar refractivity (Wildman–Crippen MR) is 66.0 cm³/mol. The molecule has 17 heavy (non-hydrogen) atoms. The van der Waals surface area contributed by atoms with E-state index in [0.29, 0.717) is 4.47 Å². The lowest BCUT2D eigenvalue weighted by molar-refractivity contribution is -0.141. The number of esters is 1. The minimum Gasteiger partial charge on any atom is -0.465 e. The van der Waals surface area contributed by atoms with Crippen LogP contribution in [-0.2, 0) is 19.6 Å². The SMILES string of the molecule is CCOC(=O)CNS(=O)(=O)c1ccccc1Br. The fourth-order valence-electron chi connectivity index (χ4n) is 1.11. The Morgan fingerprint density at radius 3 is 2.65 bits per heavy atom. The first-order chi connectivity index (χ1) is 7.97. The molecule has 0 amide bonds. The van der Waals surface area contributed by atoms with Crippen LogP contribution in [-0.4, -0.2) is 27.5 Å². The quantitative estimate of drug-likeness (QED) is 0.829. The van der Waals surface area contributed by atoms with Gasteiger partial charge in [0.05, 0.1) is 11.5 Å². The van der Waals surface area contributed by atoms with Crippen LogP contribution in [0.4, 0.5) is 0 Å². The molecule has 0 atom stereocenters. The maximum Gasteiger partial charge on any atom is 0.321 e. The van der Waals surface area contributed by atoms with Crippen LogP contribution in [0.1, 0.15) is 6.92 Å². The third-order valence-corrected chi connectivity index (χ3v) is 4.25. The number of hydrogen-bond donors (Lipinski definition) is 1. The Morgan fingerprint density at radius 1 is 1.41 bits per heavy atom. The first kappa shape index (κ1) is 14.1. The number of ether oxygens (including phenoxy) is 1. The Labute approximate surface area is 108 Å². The average Bonchev–Trinajstić information content (AvgIpc) is 2.27. The van der Waals surface area contributed by atoms with Crippen LogP contribution in [0.5, 0.6) is 0 Å². The molecule has 0 bridgehead atoms. The number of rotatable bonds is 5. The van der Waals surface area contributed by atoms with E-state index in [4.69, 9.17) is 0 Å². The molecule has 0 aliphatic carbocycles. The second-order valence-electron chi connectivity index (χ2n) is 3.06. The summed E-state index contributed by atoms with van der Waals surface area (Å²) in [6.07, 6.45) is 0. The minimum absolute atomic E-state index is 0.0873. The first-order valence-corrected chi connectivity index (χ1v) is 7.15. The van der Waals surface area contributed by atoms with Crippen molar-refractivity contribution in [1.82, 2.24) is 4.72 Å². The summed E-state index contributed by atoms with van der Waals surface area (Å²) < 4.78 is 30.9. The van der Waals surface area contributed by atoms with E-state index >= 15 is 0 Å². The first-order valence-electron chi connectivity index (χ1n) is 4.87. The highest BCUT2D eigenvalue weighted by Gasteiger charge is 2.18. The molecule has 1 aromatic carbocycles. The zero-order valence-corrected chi connectivity index (χ0v) is 11.5. The van der Waals surface area contributed by atoms with Crippen molar-refractivity contribution in [2.24, 2.45) is 0 Å². The lowest BCUT2D eigenvalue weighted by Crippen LogP contribution is -2.30. The standard InChI is InChI=1S/C10H12BrNO4S/c1-2-16-10(13)7-12-17(14,15)9-6-4-3-5-8(9)11/h3-6,12H,2,7H2,1H3. The summed E-state index contributed by atoms with van der Waals surface area (Å²) in [5, 5.41) is 0. The maximum absolute atomic E-state index is 11.8. The van der Waals surface area contributed by atoms with Gasteiger partial charge >= 0.3 is 5.97 Å². The Morgan fingerprint density at radius 2 is 2.06 bits per heavy atom. The molecule has 0 aromatic heterocycles. The number of nitrogens with one attached hydrogen (secondary N) is 1. The minimum atomic E-state index is -3.70. The smallest absolute Gasteiger partial charge is 0.321 e. The Balaban J connectivity index is 2.77.